The zero-order valence-electron chi connectivity index (χ0n) is 12.5. The largest absolute Gasteiger partial charge is 0.494 e. The number of carbonyl (C=O) groups is 1. The summed E-state index contributed by atoms with van der Waals surface area (Å²) >= 11 is 5.90. The van der Waals surface area contributed by atoms with E-state index in [1.54, 1.807) is 12.1 Å². The third kappa shape index (κ3) is 5.04. The Morgan fingerprint density at radius 1 is 1.30 bits per heavy atom. The van der Waals surface area contributed by atoms with Gasteiger partial charge in [0, 0.05) is 11.4 Å². The first-order valence-electron chi connectivity index (χ1n) is 7.16. The summed E-state index contributed by atoms with van der Waals surface area (Å²) in [5, 5.41) is 2.97. The maximum atomic E-state index is 12.1. The van der Waals surface area contributed by atoms with Crippen LogP contribution in [0.2, 0.25) is 0 Å². The second kappa shape index (κ2) is 8.15. The van der Waals surface area contributed by atoms with Gasteiger partial charge in [0.2, 0.25) is 0 Å². The number of benzene rings is 1. The molecule has 0 aromatic heterocycles. The van der Waals surface area contributed by atoms with Gasteiger partial charge in [-0.05, 0) is 44.0 Å². The van der Waals surface area contributed by atoms with Crippen LogP contribution in [0.15, 0.2) is 24.3 Å². The number of amides is 1. The second-order valence-electron chi connectivity index (χ2n) is 5.23. The molecule has 4 heteroatoms. The van der Waals surface area contributed by atoms with Gasteiger partial charge in [-0.1, -0.05) is 20.3 Å². The van der Waals surface area contributed by atoms with Crippen LogP contribution < -0.4 is 10.1 Å². The van der Waals surface area contributed by atoms with E-state index in [1.807, 2.05) is 26.0 Å². The van der Waals surface area contributed by atoms with E-state index in [2.05, 4.69) is 12.2 Å². The molecule has 1 rings (SSSR count). The van der Waals surface area contributed by atoms with E-state index in [4.69, 9.17) is 16.3 Å². The third-order valence-corrected chi connectivity index (χ3v) is 3.96. The average Bonchev–Trinajstić information content (AvgIpc) is 2.48. The molecule has 0 aliphatic carbocycles. The van der Waals surface area contributed by atoms with Crippen molar-refractivity contribution in [1.29, 1.82) is 0 Å². The Morgan fingerprint density at radius 2 is 1.95 bits per heavy atom. The van der Waals surface area contributed by atoms with Crippen LogP contribution in [0.5, 0.6) is 5.75 Å². The van der Waals surface area contributed by atoms with Crippen molar-refractivity contribution in [3.63, 3.8) is 0 Å². The molecule has 112 valence electrons. The molecular formula is C16H24ClNO2. The molecule has 0 aliphatic rings. The minimum absolute atomic E-state index is 0.102. The van der Waals surface area contributed by atoms with Crippen LogP contribution in [-0.2, 0) is 0 Å². The fourth-order valence-corrected chi connectivity index (χ4v) is 1.86. The van der Waals surface area contributed by atoms with Crippen molar-refractivity contribution in [2.24, 2.45) is 0 Å². The van der Waals surface area contributed by atoms with Crippen LogP contribution in [0.3, 0.4) is 0 Å². The van der Waals surface area contributed by atoms with Gasteiger partial charge < -0.3 is 10.1 Å². The summed E-state index contributed by atoms with van der Waals surface area (Å²) in [7, 11) is 0. The molecule has 0 radical (unpaired) electrons. The van der Waals surface area contributed by atoms with E-state index in [0.29, 0.717) is 18.1 Å². The van der Waals surface area contributed by atoms with Gasteiger partial charge in [-0.25, -0.2) is 0 Å². The van der Waals surface area contributed by atoms with Crippen molar-refractivity contribution in [3.8, 4) is 5.75 Å². The van der Waals surface area contributed by atoms with E-state index in [9.17, 15) is 4.79 Å². The van der Waals surface area contributed by atoms with E-state index in [-0.39, 0.29) is 11.4 Å². The molecule has 1 amide bonds. The van der Waals surface area contributed by atoms with Crippen LogP contribution >= 0.6 is 11.6 Å². The monoisotopic (exact) mass is 297 g/mol. The molecule has 20 heavy (non-hydrogen) atoms. The Hall–Kier alpha value is -1.22. The van der Waals surface area contributed by atoms with Crippen LogP contribution in [0.1, 0.15) is 50.4 Å². The van der Waals surface area contributed by atoms with Crippen LogP contribution in [0, 0.1) is 0 Å². The Balaban J connectivity index is 2.61. The van der Waals surface area contributed by atoms with Gasteiger partial charge >= 0.3 is 0 Å². The lowest BCUT2D eigenvalue weighted by molar-refractivity contribution is 0.0912. The maximum Gasteiger partial charge on any atom is 0.251 e. The van der Waals surface area contributed by atoms with Crippen LogP contribution in [-0.4, -0.2) is 23.9 Å². The topological polar surface area (TPSA) is 38.3 Å². The van der Waals surface area contributed by atoms with Gasteiger partial charge in [-0.15, -0.1) is 11.6 Å². The molecule has 0 fully saturated rings. The van der Waals surface area contributed by atoms with Gasteiger partial charge in [0.15, 0.2) is 0 Å². The molecule has 3 nitrogen and oxygen atoms in total. The number of halogens is 1. The fourth-order valence-electron chi connectivity index (χ4n) is 1.60. The highest BCUT2D eigenvalue weighted by Gasteiger charge is 2.23. The first-order valence-corrected chi connectivity index (χ1v) is 7.69. The summed E-state index contributed by atoms with van der Waals surface area (Å²) in [4.78, 5) is 12.1. The van der Waals surface area contributed by atoms with Gasteiger partial charge in [0.25, 0.3) is 5.91 Å². The summed E-state index contributed by atoms with van der Waals surface area (Å²) in [5.41, 5.74) is 0.257. The first-order chi connectivity index (χ1) is 9.54. The quantitative estimate of drug-likeness (QED) is 0.582. The summed E-state index contributed by atoms with van der Waals surface area (Å²) in [6.45, 7) is 6.79. The lowest BCUT2D eigenvalue weighted by Gasteiger charge is -2.27. The minimum atomic E-state index is -0.366. The highest BCUT2D eigenvalue weighted by molar-refractivity contribution is 6.18. The molecule has 1 atom stereocenters. The first kappa shape index (κ1) is 16.8. The van der Waals surface area contributed by atoms with E-state index in [0.717, 1.165) is 25.0 Å². The normalized spacial score (nSPS) is 13.6. The number of alkyl halides is 1. The average molecular weight is 298 g/mol. The molecule has 0 aliphatic heterocycles. The number of hydrogen-bond donors (Lipinski definition) is 1. The van der Waals surface area contributed by atoms with Crippen molar-refractivity contribution in [3.05, 3.63) is 29.8 Å². The van der Waals surface area contributed by atoms with E-state index >= 15 is 0 Å². The predicted octanol–water partition coefficient (Wildman–Crippen LogP) is 4.00. The fraction of sp³-hybridized carbons (Fsp3) is 0.562. The number of unbranched alkanes of at least 4 members (excludes halogenated alkanes) is 1. The molecule has 0 saturated carbocycles. The molecule has 1 aromatic carbocycles. The predicted molar refractivity (Wildman–Crippen MR) is 83.7 cm³/mol. The maximum absolute atomic E-state index is 12.1. The summed E-state index contributed by atoms with van der Waals surface area (Å²) < 4.78 is 5.57. The molecule has 1 aromatic rings. The molecule has 0 saturated heterocycles. The van der Waals surface area contributed by atoms with E-state index < -0.39 is 0 Å². The van der Waals surface area contributed by atoms with Gasteiger partial charge in [0.1, 0.15) is 5.75 Å². The number of nitrogens with one attached hydrogen (secondary N) is 1. The molecule has 0 spiro atoms. The van der Waals surface area contributed by atoms with Gasteiger partial charge in [-0.3, -0.25) is 4.79 Å². The zero-order chi connectivity index (χ0) is 15.0. The highest BCUT2D eigenvalue weighted by Crippen LogP contribution is 2.15. The van der Waals surface area contributed by atoms with Crippen molar-refractivity contribution in [1.82, 2.24) is 5.32 Å². The molecule has 1 unspecified atom stereocenters. The lowest BCUT2D eigenvalue weighted by Crippen LogP contribution is -2.47. The van der Waals surface area contributed by atoms with Crippen molar-refractivity contribution in [2.75, 3.05) is 12.5 Å². The number of carbonyl (C=O) groups excluding carboxylic acids is 1. The van der Waals surface area contributed by atoms with Crippen LogP contribution in [0.4, 0.5) is 0 Å². The third-order valence-electron chi connectivity index (χ3n) is 3.37. The SMILES string of the molecule is CCCCOc1ccc(C(=O)NC(C)(CC)CCl)cc1. The van der Waals surface area contributed by atoms with Crippen molar-refractivity contribution in [2.45, 2.75) is 45.6 Å². The summed E-state index contributed by atoms with van der Waals surface area (Å²) in [5.74, 6) is 1.09. The van der Waals surface area contributed by atoms with E-state index in [1.165, 1.54) is 0 Å². The van der Waals surface area contributed by atoms with Gasteiger partial charge in [0.05, 0.1) is 12.1 Å². The highest BCUT2D eigenvalue weighted by atomic mass is 35.5. The minimum Gasteiger partial charge on any atom is -0.494 e. The molecule has 1 N–H and O–H groups in total. The van der Waals surface area contributed by atoms with Gasteiger partial charge in [-0.2, -0.15) is 0 Å². The Bertz CT molecular complexity index is 413. The Labute approximate surface area is 126 Å². The molecular weight excluding hydrogens is 274 g/mol. The molecule has 0 heterocycles. The molecule has 0 bridgehead atoms. The lowest BCUT2D eigenvalue weighted by atomic mass is 10.0. The standard InChI is InChI=1S/C16H24ClNO2/c1-4-6-11-20-14-9-7-13(8-10-14)15(19)18-16(3,5-2)12-17/h7-10H,4-6,11-12H2,1-3H3,(H,18,19). The van der Waals surface area contributed by atoms with Crippen LogP contribution in [0.25, 0.3) is 0 Å². The zero-order valence-corrected chi connectivity index (χ0v) is 13.3. The Kier molecular flexibility index (Phi) is 6.86. The summed E-state index contributed by atoms with van der Waals surface area (Å²) in [6, 6.07) is 7.21. The Morgan fingerprint density at radius 3 is 2.45 bits per heavy atom. The number of ether oxygens (including phenoxy) is 1. The number of rotatable bonds is 8. The summed E-state index contributed by atoms with van der Waals surface area (Å²) in [6.07, 6.45) is 2.93. The number of hydrogen-bond acceptors (Lipinski definition) is 2. The van der Waals surface area contributed by atoms with Crippen molar-refractivity contribution >= 4 is 17.5 Å². The second-order valence-corrected chi connectivity index (χ2v) is 5.50. The smallest absolute Gasteiger partial charge is 0.251 e. The van der Waals surface area contributed by atoms with Crippen molar-refractivity contribution < 1.29 is 9.53 Å².